The van der Waals surface area contributed by atoms with E-state index in [4.69, 9.17) is 4.52 Å². The smallest absolute Gasteiger partial charge is 0.261 e. The molecule has 1 N–H and O–H groups in total. The number of aromatic amines is 1. The van der Waals surface area contributed by atoms with Crippen molar-refractivity contribution in [2.75, 3.05) is 0 Å². The SMILES string of the molecule is Cc1c[nH]c(=O)c2c(C)noc12. The predicted octanol–water partition coefficient (Wildman–Crippen LogP) is 1.13. The third kappa shape index (κ3) is 0.777. The van der Waals surface area contributed by atoms with E-state index >= 15 is 0 Å². The summed E-state index contributed by atoms with van der Waals surface area (Å²) < 4.78 is 4.99. The highest BCUT2D eigenvalue weighted by Gasteiger charge is 2.09. The summed E-state index contributed by atoms with van der Waals surface area (Å²) in [6, 6.07) is 0. The quantitative estimate of drug-likeness (QED) is 0.635. The van der Waals surface area contributed by atoms with Crippen molar-refractivity contribution >= 4 is 11.0 Å². The fourth-order valence-corrected chi connectivity index (χ4v) is 1.22. The van der Waals surface area contributed by atoms with Crippen molar-refractivity contribution < 1.29 is 4.52 Å². The van der Waals surface area contributed by atoms with E-state index in [-0.39, 0.29) is 5.56 Å². The van der Waals surface area contributed by atoms with Gasteiger partial charge in [0.2, 0.25) is 0 Å². The zero-order valence-corrected chi connectivity index (χ0v) is 6.84. The van der Waals surface area contributed by atoms with Crippen LogP contribution in [0.3, 0.4) is 0 Å². The lowest BCUT2D eigenvalue weighted by Gasteiger charge is -1.90. The number of H-pyrrole nitrogens is 1. The van der Waals surface area contributed by atoms with Crippen LogP contribution in [0.2, 0.25) is 0 Å². The molecular weight excluding hydrogens is 156 g/mol. The highest BCUT2D eigenvalue weighted by atomic mass is 16.5. The van der Waals surface area contributed by atoms with Crippen LogP contribution in [0.4, 0.5) is 0 Å². The Morgan fingerprint density at radius 2 is 2.25 bits per heavy atom. The van der Waals surface area contributed by atoms with Gasteiger partial charge in [0.1, 0.15) is 5.39 Å². The maximum absolute atomic E-state index is 11.3. The molecule has 0 amide bonds. The molecule has 0 saturated carbocycles. The maximum atomic E-state index is 11.3. The molecule has 0 radical (unpaired) electrons. The average Bonchev–Trinajstić information content (AvgIpc) is 2.42. The first-order chi connectivity index (χ1) is 5.70. The third-order valence-electron chi connectivity index (χ3n) is 1.87. The van der Waals surface area contributed by atoms with E-state index in [0.29, 0.717) is 16.7 Å². The lowest BCUT2D eigenvalue weighted by atomic mass is 10.2. The number of aryl methyl sites for hydroxylation is 2. The Morgan fingerprint density at radius 1 is 1.50 bits per heavy atom. The highest BCUT2D eigenvalue weighted by molar-refractivity contribution is 5.80. The van der Waals surface area contributed by atoms with Gasteiger partial charge < -0.3 is 9.51 Å². The molecule has 0 aliphatic rings. The van der Waals surface area contributed by atoms with Gasteiger partial charge in [-0.1, -0.05) is 5.16 Å². The molecule has 4 heteroatoms. The van der Waals surface area contributed by atoms with E-state index in [1.165, 1.54) is 0 Å². The summed E-state index contributed by atoms with van der Waals surface area (Å²) in [5.41, 5.74) is 1.96. The molecule has 0 aliphatic heterocycles. The van der Waals surface area contributed by atoms with Crippen LogP contribution >= 0.6 is 0 Å². The molecule has 62 valence electrons. The van der Waals surface area contributed by atoms with Crippen LogP contribution in [0, 0.1) is 13.8 Å². The third-order valence-corrected chi connectivity index (χ3v) is 1.87. The number of hydrogen-bond acceptors (Lipinski definition) is 3. The van der Waals surface area contributed by atoms with Crippen LogP contribution < -0.4 is 5.56 Å². The predicted molar refractivity (Wildman–Crippen MR) is 44.1 cm³/mol. The zero-order valence-electron chi connectivity index (χ0n) is 6.84. The number of hydrogen-bond donors (Lipinski definition) is 1. The van der Waals surface area contributed by atoms with Crippen molar-refractivity contribution in [1.29, 1.82) is 0 Å². The Kier molecular flexibility index (Phi) is 1.30. The molecule has 2 heterocycles. The number of aromatic nitrogens is 2. The monoisotopic (exact) mass is 164 g/mol. The van der Waals surface area contributed by atoms with Gasteiger partial charge >= 0.3 is 0 Å². The standard InChI is InChI=1S/C8H8N2O2/c1-4-3-9-8(11)6-5(2)10-12-7(4)6/h3H,1-2H3,(H,9,11). The number of fused-ring (bicyclic) bond motifs is 1. The second kappa shape index (κ2) is 2.20. The van der Waals surface area contributed by atoms with E-state index < -0.39 is 0 Å². The highest BCUT2D eigenvalue weighted by Crippen LogP contribution is 2.15. The molecule has 12 heavy (non-hydrogen) atoms. The van der Waals surface area contributed by atoms with Crippen LogP contribution in [-0.2, 0) is 0 Å². The summed E-state index contributed by atoms with van der Waals surface area (Å²) in [5, 5.41) is 4.27. The summed E-state index contributed by atoms with van der Waals surface area (Å²) in [4.78, 5) is 13.9. The summed E-state index contributed by atoms with van der Waals surface area (Å²) in [6.45, 7) is 3.61. The Hall–Kier alpha value is -1.58. The summed E-state index contributed by atoms with van der Waals surface area (Å²) in [5.74, 6) is 0. The first kappa shape index (κ1) is 7.09. The first-order valence-corrected chi connectivity index (χ1v) is 3.64. The molecule has 0 spiro atoms. The maximum Gasteiger partial charge on any atom is 0.261 e. The summed E-state index contributed by atoms with van der Waals surface area (Å²) >= 11 is 0. The van der Waals surface area contributed by atoms with E-state index in [2.05, 4.69) is 10.1 Å². The Labute approximate surface area is 68.2 Å². The second-order valence-electron chi connectivity index (χ2n) is 2.77. The van der Waals surface area contributed by atoms with E-state index in [1.54, 1.807) is 13.1 Å². The van der Waals surface area contributed by atoms with E-state index in [9.17, 15) is 4.79 Å². The van der Waals surface area contributed by atoms with Crippen molar-refractivity contribution in [1.82, 2.24) is 10.1 Å². The van der Waals surface area contributed by atoms with Gasteiger partial charge in [-0.05, 0) is 13.8 Å². The second-order valence-corrected chi connectivity index (χ2v) is 2.77. The molecule has 4 nitrogen and oxygen atoms in total. The molecule has 0 fully saturated rings. The minimum atomic E-state index is -0.144. The van der Waals surface area contributed by atoms with Gasteiger partial charge in [0.05, 0.1) is 5.69 Å². The lowest BCUT2D eigenvalue weighted by molar-refractivity contribution is 0.449. The minimum Gasteiger partial charge on any atom is -0.355 e. The van der Waals surface area contributed by atoms with E-state index in [1.807, 2.05) is 6.92 Å². The number of rotatable bonds is 0. The molecular formula is C8H8N2O2. The molecule has 0 aliphatic carbocycles. The molecule has 0 aromatic carbocycles. The van der Waals surface area contributed by atoms with Crippen molar-refractivity contribution in [3.8, 4) is 0 Å². The van der Waals surface area contributed by atoms with Crippen molar-refractivity contribution in [3.05, 3.63) is 27.8 Å². The van der Waals surface area contributed by atoms with Crippen LogP contribution in [-0.4, -0.2) is 10.1 Å². The van der Waals surface area contributed by atoms with Crippen LogP contribution in [0.5, 0.6) is 0 Å². The molecule has 2 rings (SSSR count). The van der Waals surface area contributed by atoms with Crippen LogP contribution in [0.15, 0.2) is 15.5 Å². The van der Waals surface area contributed by atoms with Gasteiger partial charge in [0.15, 0.2) is 5.58 Å². The summed E-state index contributed by atoms with van der Waals surface area (Å²) in [6.07, 6.45) is 1.62. The molecule has 0 unspecified atom stereocenters. The number of nitrogens with one attached hydrogen (secondary N) is 1. The van der Waals surface area contributed by atoms with Crippen LogP contribution in [0.25, 0.3) is 11.0 Å². The van der Waals surface area contributed by atoms with Gasteiger partial charge in [-0.3, -0.25) is 4.79 Å². The first-order valence-electron chi connectivity index (χ1n) is 3.64. The van der Waals surface area contributed by atoms with E-state index in [0.717, 1.165) is 5.56 Å². The Morgan fingerprint density at radius 3 is 2.92 bits per heavy atom. The topological polar surface area (TPSA) is 58.9 Å². The number of nitrogens with zero attached hydrogens (tertiary/aromatic N) is 1. The van der Waals surface area contributed by atoms with Gasteiger partial charge in [0, 0.05) is 11.8 Å². The van der Waals surface area contributed by atoms with Crippen molar-refractivity contribution in [2.24, 2.45) is 0 Å². The van der Waals surface area contributed by atoms with Crippen LogP contribution in [0.1, 0.15) is 11.3 Å². The molecule has 0 bridgehead atoms. The minimum absolute atomic E-state index is 0.144. The summed E-state index contributed by atoms with van der Waals surface area (Å²) in [7, 11) is 0. The fraction of sp³-hybridized carbons (Fsp3) is 0.250. The average molecular weight is 164 g/mol. The number of pyridine rings is 1. The molecule has 0 saturated heterocycles. The Bertz CT molecular complexity index is 481. The normalized spacial score (nSPS) is 10.8. The molecule has 2 aromatic heterocycles. The van der Waals surface area contributed by atoms with Gasteiger partial charge in [0.25, 0.3) is 5.56 Å². The molecule has 0 atom stereocenters. The van der Waals surface area contributed by atoms with Gasteiger partial charge in [-0.15, -0.1) is 0 Å². The largest absolute Gasteiger partial charge is 0.355 e. The van der Waals surface area contributed by atoms with Crippen molar-refractivity contribution in [3.63, 3.8) is 0 Å². The lowest BCUT2D eigenvalue weighted by Crippen LogP contribution is -2.05. The molecule has 2 aromatic rings. The Balaban J connectivity index is 3.09. The fourth-order valence-electron chi connectivity index (χ4n) is 1.22. The zero-order chi connectivity index (χ0) is 8.72. The van der Waals surface area contributed by atoms with Crippen molar-refractivity contribution in [2.45, 2.75) is 13.8 Å². The van der Waals surface area contributed by atoms with Gasteiger partial charge in [-0.25, -0.2) is 0 Å². The van der Waals surface area contributed by atoms with Gasteiger partial charge in [-0.2, -0.15) is 0 Å².